The van der Waals surface area contributed by atoms with Gasteiger partial charge in [-0.3, -0.25) is 14.5 Å². The number of rotatable bonds is 10. The second kappa shape index (κ2) is 13.8. The third-order valence-corrected chi connectivity index (χ3v) is 6.47. The summed E-state index contributed by atoms with van der Waals surface area (Å²) in [5.41, 5.74) is 8.66. The van der Waals surface area contributed by atoms with Crippen molar-refractivity contribution in [2.45, 2.75) is 46.3 Å². The third-order valence-electron chi connectivity index (χ3n) is 6.47. The second-order valence-electron chi connectivity index (χ2n) is 10.9. The van der Waals surface area contributed by atoms with Crippen LogP contribution in [0.5, 0.6) is 0 Å². The quantitative estimate of drug-likeness (QED) is 0.148. The number of nitrogens with one attached hydrogen (secondary N) is 1. The highest BCUT2D eigenvalue weighted by molar-refractivity contribution is 6.07. The molecule has 0 aliphatic rings. The lowest BCUT2D eigenvalue weighted by Gasteiger charge is -2.21. The molecule has 2 amide bonds. The molecule has 4 rings (SSSR count). The van der Waals surface area contributed by atoms with Crippen molar-refractivity contribution in [1.29, 1.82) is 0 Å². The maximum atomic E-state index is 13.6. The average molecular weight is 600 g/mol. The topological polar surface area (TPSA) is 154 Å². The van der Waals surface area contributed by atoms with Gasteiger partial charge in [-0.15, -0.1) is 0 Å². The van der Waals surface area contributed by atoms with E-state index in [0.717, 1.165) is 17.0 Å². The van der Waals surface area contributed by atoms with E-state index in [1.54, 1.807) is 76.4 Å². The molecule has 230 valence electrons. The van der Waals surface area contributed by atoms with E-state index in [4.69, 9.17) is 20.2 Å². The van der Waals surface area contributed by atoms with Crippen molar-refractivity contribution in [3.63, 3.8) is 0 Å². The van der Waals surface area contributed by atoms with Gasteiger partial charge in [-0.05, 0) is 82.3 Å². The predicted octanol–water partition coefficient (Wildman–Crippen LogP) is 4.82. The van der Waals surface area contributed by atoms with E-state index >= 15 is 0 Å². The highest BCUT2D eigenvalue weighted by Gasteiger charge is 2.22. The van der Waals surface area contributed by atoms with E-state index in [1.165, 1.54) is 4.90 Å². The maximum Gasteiger partial charge on any atom is 0.436 e. The smallest absolute Gasteiger partial charge is 0.436 e. The number of carbonyl (C=O) groups excluding carboxylic acids is 3. The Kier molecular flexibility index (Phi) is 9.94. The number of carbonyl (C=O) groups is 3. The van der Waals surface area contributed by atoms with E-state index in [9.17, 15) is 14.4 Å². The number of amides is 2. The fourth-order valence-electron chi connectivity index (χ4n) is 4.35. The fourth-order valence-corrected chi connectivity index (χ4v) is 4.35. The summed E-state index contributed by atoms with van der Waals surface area (Å²) >= 11 is 0. The Bertz CT molecular complexity index is 1660. The summed E-state index contributed by atoms with van der Waals surface area (Å²) in [6.07, 6.45) is 0.897. The van der Waals surface area contributed by atoms with Gasteiger partial charge in [-0.2, -0.15) is 4.99 Å². The van der Waals surface area contributed by atoms with E-state index < -0.39 is 11.7 Å². The molecule has 2 heterocycles. The molecule has 44 heavy (non-hydrogen) atoms. The molecule has 0 aliphatic heterocycles. The molecule has 0 radical (unpaired) electrons. The molecule has 0 saturated carbocycles. The van der Waals surface area contributed by atoms with Gasteiger partial charge in [-0.1, -0.05) is 6.07 Å². The van der Waals surface area contributed by atoms with Crippen LogP contribution in [0.25, 0.3) is 11.0 Å². The van der Waals surface area contributed by atoms with E-state index in [1.807, 2.05) is 29.8 Å². The first kappa shape index (κ1) is 31.7. The number of amidine groups is 1. The average Bonchev–Trinajstić information content (AvgIpc) is 3.30. The number of pyridine rings is 1. The van der Waals surface area contributed by atoms with Crippen molar-refractivity contribution in [2.75, 3.05) is 23.4 Å². The van der Waals surface area contributed by atoms with E-state index in [-0.39, 0.29) is 37.3 Å². The monoisotopic (exact) mass is 599 g/mol. The van der Waals surface area contributed by atoms with Crippen molar-refractivity contribution in [1.82, 2.24) is 14.5 Å². The summed E-state index contributed by atoms with van der Waals surface area (Å²) in [7, 11) is 1.91. The lowest BCUT2D eigenvalue weighted by molar-refractivity contribution is -0.142. The van der Waals surface area contributed by atoms with Crippen LogP contribution in [-0.4, -0.2) is 57.1 Å². The largest absolute Gasteiger partial charge is 0.466 e. The summed E-state index contributed by atoms with van der Waals surface area (Å²) in [5.74, 6) is 0.578. The first-order chi connectivity index (χ1) is 20.9. The van der Waals surface area contributed by atoms with Gasteiger partial charge in [0.2, 0.25) is 0 Å². The van der Waals surface area contributed by atoms with Crippen LogP contribution in [-0.2, 0) is 27.9 Å². The number of aromatic nitrogens is 3. The van der Waals surface area contributed by atoms with Gasteiger partial charge < -0.3 is 25.1 Å². The number of fused-ring (bicyclic) bond motifs is 1. The van der Waals surface area contributed by atoms with E-state index in [2.05, 4.69) is 15.3 Å². The minimum Gasteiger partial charge on any atom is -0.466 e. The minimum atomic E-state index is -0.745. The number of anilines is 2. The van der Waals surface area contributed by atoms with Gasteiger partial charge in [0.15, 0.2) is 0 Å². The number of nitrogens with two attached hydrogens (primary N) is 1. The van der Waals surface area contributed by atoms with Crippen molar-refractivity contribution in [2.24, 2.45) is 17.8 Å². The molecule has 3 N–H and O–H groups in total. The summed E-state index contributed by atoms with van der Waals surface area (Å²) in [6.45, 7) is 7.82. The molecule has 0 bridgehead atoms. The van der Waals surface area contributed by atoms with Gasteiger partial charge in [0.05, 0.1) is 30.6 Å². The Morgan fingerprint density at radius 2 is 1.77 bits per heavy atom. The van der Waals surface area contributed by atoms with Gasteiger partial charge >= 0.3 is 12.1 Å². The van der Waals surface area contributed by atoms with Crippen LogP contribution < -0.4 is 16.0 Å². The fraction of sp³-hybridized carbons (Fsp3) is 0.312. The number of benzene rings is 2. The molecule has 2 aromatic heterocycles. The molecule has 0 saturated heterocycles. The Morgan fingerprint density at radius 1 is 1.05 bits per heavy atom. The van der Waals surface area contributed by atoms with Crippen molar-refractivity contribution >= 4 is 46.3 Å². The van der Waals surface area contributed by atoms with Gasteiger partial charge in [-0.25, -0.2) is 14.8 Å². The zero-order valence-electron chi connectivity index (χ0n) is 25.5. The Morgan fingerprint density at radius 3 is 2.43 bits per heavy atom. The Hall–Kier alpha value is -5.26. The molecule has 12 heteroatoms. The molecular formula is C32H37N7O5. The number of ether oxygens (including phenoxy) is 2. The van der Waals surface area contributed by atoms with Crippen LogP contribution in [0.2, 0.25) is 0 Å². The van der Waals surface area contributed by atoms with Crippen LogP contribution >= 0.6 is 0 Å². The van der Waals surface area contributed by atoms with Gasteiger partial charge in [0, 0.05) is 36.6 Å². The van der Waals surface area contributed by atoms with Crippen molar-refractivity contribution in [3.05, 3.63) is 83.8 Å². The molecular weight excluding hydrogens is 562 g/mol. The van der Waals surface area contributed by atoms with E-state index in [0.29, 0.717) is 29.0 Å². The summed E-state index contributed by atoms with van der Waals surface area (Å²) in [5, 5.41) is 3.33. The number of esters is 1. The van der Waals surface area contributed by atoms with Gasteiger partial charge in [0.25, 0.3) is 5.91 Å². The number of hydrogen-bond acceptors (Lipinski definition) is 8. The van der Waals surface area contributed by atoms with Crippen LogP contribution in [0.15, 0.2) is 71.9 Å². The minimum absolute atomic E-state index is 0.0436. The molecule has 0 fully saturated rings. The Labute approximate surface area is 255 Å². The molecule has 2 aromatic carbocycles. The zero-order valence-corrected chi connectivity index (χ0v) is 25.5. The number of aryl methyl sites for hydroxylation is 1. The molecule has 12 nitrogen and oxygen atoms in total. The number of hydrogen-bond donors (Lipinski definition) is 2. The lowest BCUT2D eigenvalue weighted by atomic mass is 10.1. The first-order valence-electron chi connectivity index (χ1n) is 14.2. The molecule has 4 aromatic rings. The normalized spacial score (nSPS) is 11.7. The first-order valence-corrected chi connectivity index (χ1v) is 14.2. The lowest BCUT2D eigenvalue weighted by Crippen LogP contribution is -2.34. The molecule has 0 atom stereocenters. The maximum absolute atomic E-state index is 13.6. The van der Waals surface area contributed by atoms with Crippen LogP contribution in [0.3, 0.4) is 0 Å². The highest BCUT2D eigenvalue weighted by atomic mass is 16.6. The second-order valence-corrected chi connectivity index (χ2v) is 10.9. The Balaban J connectivity index is 1.47. The SMILES string of the molecule is CCOC(=O)CCN(C(=O)c1ccc2c(c1)nc(CNc1ccc(/C(N)=N\C(=O)OC(C)(C)C)cc1)n2C)c1ccccn1. The standard InChI is InChI=1S/C32H37N7O5/c1-6-43-28(40)16-18-39(26-9-7-8-17-34-26)30(41)22-12-15-25-24(19-22)36-27(38(25)5)20-35-23-13-10-21(11-14-23)29(33)37-31(42)44-32(2,3)4/h7-15,17,19,35H,6,16,18,20H2,1-5H3,(H2,33,37,42). The summed E-state index contributed by atoms with van der Waals surface area (Å²) in [6, 6.07) is 17.8. The zero-order chi connectivity index (χ0) is 31.9. The molecule has 0 spiro atoms. The van der Waals surface area contributed by atoms with Crippen LogP contribution in [0.1, 0.15) is 55.9 Å². The summed E-state index contributed by atoms with van der Waals surface area (Å²) in [4.78, 5) is 51.9. The van der Waals surface area contributed by atoms with Crippen LogP contribution in [0.4, 0.5) is 16.3 Å². The number of aliphatic imine (C=N–C) groups is 1. The summed E-state index contributed by atoms with van der Waals surface area (Å²) < 4.78 is 12.2. The predicted molar refractivity (Wildman–Crippen MR) is 169 cm³/mol. The highest BCUT2D eigenvalue weighted by Crippen LogP contribution is 2.21. The molecule has 0 unspecified atom stereocenters. The number of nitrogens with zero attached hydrogens (tertiary/aromatic N) is 5. The molecule has 0 aliphatic carbocycles. The van der Waals surface area contributed by atoms with Gasteiger partial charge in [0.1, 0.15) is 23.1 Å². The van der Waals surface area contributed by atoms with Crippen LogP contribution in [0, 0.1) is 0 Å². The van der Waals surface area contributed by atoms with Crippen molar-refractivity contribution in [3.8, 4) is 0 Å². The third kappa shape index (κ3) is 8.18. The van der Waals surface area contributed by atoms with Crippen molar-refractivity contribution < 1.29 is 23.9 Å². The number of imidazole rings is 1.